The van der Waals surface area contributed by atoms with E-state index in [4.69, 9.17) is 0 Å². The number of nitrogens with one attached hydrogen (secondary N) is 1. The number of hydrogen-bond donors (Lipinski definition) is 2. The van der Waals surface area contributed by atoms with Crippen molar-refractivity contribution in [3.8, 4) is 0 Å². The zero-order valence-electron chi connectivity index (χ0n) is 14.5. The van der Waals surface area contributed by atoms with Crippen LogP contribution < -0.4 is 5.32 Å². The lowest BCUT2D eigenvalue weighted by Crippen LogP contribution is -2.36. The maximum atomic E-state index is 12.7. The summed E-state index contributed by atoms with van der Waals surface area (Å²) in [5, 5.41) is 20.6. The number of amides is 1. The van der Waals surface area contributed by atoms with Gasteiger partial charge in [0.05, 0.1) is 23.2 Å². The highest BCUT2D eigenvalue weighted by molar-refractivity contribution is 5.96. The molecule has 0 aromatic heterocycles. The minimum atomic E-state index is -0.899. The zero-order chi connectivity index (χ0) is 18.8. The van der Waals surface area contributed by atoms with E-state index >= 15 is 0 Å². The van der Waals surface area contributed by atoms with Gasteiger partial charge in [-0.15, -0.1) is 0 Å². The van der Waals surface area contributed by atoms with Gasteiger partial charge in [0.2, 0.25) is 5.91 Å². The van der Waals surface area contributed by atoms with Crippen molar-refractivity contribution in [2.45, 2.75) is 6.42 Å². The SMILES string of the molecule is O=C(O)C1C2C=CC(C2)C1C(=O)Nc1ccc(N=Nc2ccccc2)cc1. The number of aliphatic carboxylic acids is 1. The van der Waals surface area contributed by atoms with Gasteiger partial charge >= 0.3 is 5.97 Å². The molecule has 2 aromatic carbocycles. The predicted molar refractivity (Wildman–Crippen MR) is 101 cm³/mol. The summed E-state index contributed by atoms with van der Waals surface area (Å²) in [4.78, 5) is 24.2. The van der Waals surface area contributed by atoms with Crippen molar-refractivity contribution in [2.24, 2.45) is 33.9 Å². The van der Waals surface area contributed by atoms with Gasteiger partial charge in [-0.3, -0.25) is 9.59 Å². The highest BCUT2D eigenvalue weighted by Crippen LogP contribution is 2.48. The molecule has 0 heterocycles. The molecule has 4 unspecified atom stereocenters. The summed E-state index contributed by atoms with van der Waals surface area (Å²) in [5.41, 5.74) is 2.05. The Balaban J connectivity index is 1.43. The molecule has 2 aliphatic rings. The van der Waals surface area contributed by atoms with E-state index in [9.17, 15) is 14.7 Å². The summed E-state index contributed by atoms with van der Waals surface area (Å²) in [7, 11) is 0. The number of carbonyl (C=O) groups is 2. The topological polar surface area (TPSA) is 91.1 Å². The van der Waals surface area contributed by atoms with Gasteiger partial charge in [0, 0.05) is 5.69 Å². The fourth-order valence-corrected chi connectivity index (χ4v) is 3.96. The Morgan fingerprint density at radius 2 is 1.44 bits per heavy atom. The van der Waals surface area contributed by atoms with Crippen LogP contribution in [-0.2, 0) is 9.59 Å². The Morgan fingerprint density at radius 1 is 0.852 bits per heavy atom. The lowest BCUT2D eigenvalue weighted by atomic mass is 9.82. The van der Waals surface area contributed by atoms with Crippen LogP contribution in [0.4, 0.5) is 17.1 Å². The van der Waals surface area contributed by atoms with E-state index in [1.54, 1.807) is 24.3 Å². The molecule has 4 rings (SSSR count). The van der Waals surface area contributed by atoms with Gasteiger partial charge in [0.25, 0.3) is 0 Å². The van der Waals surface area contributed by atoms with Gasteiger partial charge in [0.1, 0.15) is 0 Å². The second kappa shape index (κ2) is 7.15. The molecule has 1 fully saturated rings. The van der Waals surface area contributed by atoms with Crippen LogP contribution in [0.5, 0.6) is 0 Å². The molecule has 0 saturated heterocycles. The van der Waals surface area contributed by atoms with Crippen LogP contribution in [-0.4, -0.2) is 17.0 Å². The number of carboxylic acids is 1. The number of fused-ring (bicyclic) bond motifs is 2. The molecular formula is C21H19N3O3. The zero-order valence-corrected chi connectivity index (χ0v) is 14.5. The van der Waals surface area contributed by atoms with Gasteiger partial charge in [-0.25, -0.2) is 0 Å². The number of hydrogen-bond acceptors (Lipinski definition) is 4. The molecule has 2 aromatic rings. The van der Waals surface area contributed by atoms with Gasteiger partial charge in [-0.2, -0.15) is 10.2 Å². The fourth-order valence-electron chi connectivity index (χ4n) is 3.96. The molecule has 4 atom stereocenters. The first kappa shape index (κ1) is 17.1. The average Bonchev–Trinajstić information content (AvgIpc) is 3.30. The summed E-state index contributed by atoms with van der Waals surface area (Å²) in [6.07, 6.45) is 4.65. The molecule has 2 N–H and O–H groups in total. The van der Waals surface area contributed by atoms with Crippen molar-refractivity contribution in [3.05, 3.63) is 66.7 Å². The molecule has 27 heavy (non-hydrogen) atoms. The molecule has 2 aliphatic carbocycles. The maximum absolute atomic E-state index is 12.7. The van der Waals surface area contributed by atoms with Gasteiger partial charge in [-0.05, 0) is 54.7 Å². The monoisotopic (exact) mass is 361 g/mol. The van der Waals surface area contributed by atoms with Crippen molar-refractivity contribution in [2.75, 3.05) is 5.32 Å². The van der Waals surface area contributed by atoms with Crippen molar-refractivity contribution < 1.29 is 14.7 Å². The molecule has 136 valence electrons. The first-order chi connectivity index (χ1) is 13.1. The minimum Gasteiger partial charge on any atom is -0.481 e. The standard InChI is InChI=1S/C21H19N3O3/c25-20(18-13-6-7-14(12-13)19(18)21(26)27)22-15-8-10-17(11-9-15)24-23-16-4-2-1-3-5-16/h1-11,13-14,18-19H,12H2,(H,22,25)(H,26,27). The van der Waals surface area contributed by atoms with Crippen molar-refractivity contribution >= 4 is 28.9 Å². The van der Waals surface area contributed by atoms with E-state index in [1.807, 2.05) is 42.5 Å². The van der Waals surface area contributed by atoms with E-state index in [0.29, 0.717) is 11.4 Å². The third-order valence-corrected chi connectivity index (χ3v) is 5.22. The molecule has 0 aliphatic heterocycles. The van der Waals surface area contributed by atoms with Crippen molar-refractivity contribution in [1.29, 1.82) is 0 Å². The van der Waals surface area contributed by atoms with Crippen LogP contribution in [0.3, 0.4) is 0 Å². The number of rotatable bonds is 5. The number of nitrogens with zero attached hydrogens (tertiary/aromatic N) is 2. The number of carbonyl (C=O) groups excluding carboxylic acids is 1. The smallest absolute Gasteiger partial charge is 0.307 e. The van der Waals surface area contributed by atoms with Crippen molar-refractivity contribution in [3.63, 3.8) is 0 Å². The number of azo groups is 1. The molecule has 6 nitrogen and oxygen atoms in total. The molecule has 0 radical (unpaired) electrons. The summed E-state index contributed by atoms with van der Waals surface area (Å²) >= 11 is 0. The number of anilines is 1. The van der Waals surface area contributed by atoms with Gasteiger partial charge in [0.15, 0.2) is 0 Å². The Labute approximate surface area is 156 Å². The normalized spacial score (nSPS) is 25.8. The molecule has 0 spiro atoms. The lowest BCUT2D eigenvalue weighted by Gasteiger charge is -2.23. The van der Waals surface area contributed by atoms with Crippen LogP contribution in [0.1, 0.15) is 6.42 Å². The maximum Gasteiger partial charge on any atom is 0.307 e. The van der Waals surface area contributed by atoms with Gasteiger partial charge < -0.3 is 10.4 Å². The summed E-state index contributed by atoms with van der Waals surface area (Å²) in [6, 6.07) is 16.4. The van der Waals surface area contributed by atoms with E-state index in [2.05, 4.69) is 15.5 Å². The Hall–Kier alpha value is -3.28. The minimum absolute atomic E-state index is 0.00930. The van der Waals surface area contributed by atoms with E-state index in [1.165, 1.54) is 0 Å². The number of allylic oxidation sites excluding steroid dienone is 2. The Bertz CT molecular complexity index is 906. The molecule has 2 bridgehead atoms. The van der Waals surface area contributed by atoms with Gasteiger partial charge in [-0.1, -0.05) is 30.4 Å². The second-order valence-electron chi connectivity index (χ2n) is 6.91. The highest BCUT2D eigenvalue weighted by Gasteiger charge is 2.51. The van der Waals surface area contributed by atoms with Crippen molar-refractivity contribution in [1.82, 2.24) is 0 Å². The third-order valence-electron chi connectivity index (χ3n) is 5.22. The number of carboxylic acid groups (broad SMARTS) is 1. The fraction of sp³-hybridized carbons (Fsp3) is 0.238. The van der Waals surface area contributed by atoms with Crippen LogP contribution in [0.25, 0.3) is 0 Å². The third kappa shape index (κ3) is 3.51. The predicted octanol–water partition coefficient (Wildman–Crippen LogP) is 4.56. The first-order valence-corrected chi connectivity index (χ1v) is 8.90. The van der Waals surface area contributed by atoms with Crippen LogP contribution >= 0.6 is 0 Å². The first-order valence-electron chi connectivity index (χ1n) is 8.90. The van der Waals surface area contributed by atoms with Crippen LogP contribution in [0, 0.1) is 23.7 Å². The molecule has 6 heteroatoms. The molecule has 1 amide bonds. The lowest BCUT2D eigenvalue weighted by molar-refractivity contribution is -0.146. The summed E-state index contributed by atoms with van der Waals surface area (Å²) in [6.45, 7) is 0. The Kier molecular flexibility index (Phi) is 4.54. The largest absolute Gasteiger partial charge is 0.481 e. The van der Waals surface area contributed by atoms with Crippen LogP contribution in [0.2, 0.25) is 0 Å². The van der Waals surface area contributed by atoms with E-state index in [0.717, 1.165) is 12.1 Å². The Morgan fingerprint density at radius 3 is 2.07 bits per heavy atom. The highest BCUT2D eigenvalue weighted by atomic mass is 16.4. The van der Waals surface area contributed by atoms with E-state index < -0.39 is 17.8 Å². The molecule has 1 saturated carbocycles. The quantitative estimate of drug-likeness (QED) is 0.604. The summed E-state index contributed by atoms with van der Waals surface area (Å²) < 4.78 is 0. The van der Waals surface area contributed by atoms with E-state index in [-0.39, 0.29) is 17.7 Å². The second-order valence-corrected chi connectivity index (χ2v) is 6.91. The summed E-state index contributed by atoms with van der Waals surface area (Å²) in [5.74, 6) is -2.32. The van der Waals surface area contributed by atoms with Crippen LogP contribution in [0.15, 0.2) is 77.0 Å². The average molecular weight is 361 g/mol. The number of benzene rings is 2. The molecular weight excluding hydrogens is 342 g/mol.